The fraction of sp³-hybridized carbons (Fsp3) is 0.579. The molecule has 0 spiro atoms. The molecule has 0 atom stereocenters. The Balaban J connectivity index is 1.95. The first-order valence-electron chi connectivity index (χ1n) is 8.97. The van der Waals surface area contributed by atoms with Crippen LogP contribution in [0.3, 0.4) is 0 Å². The van der Waals surface area contributed by atoms with Crippen LogP contribution < -0.4 is 5.32 Å². The lowest BCUT2D eigenvalue weighted by Crippen LogP contribution is -2.45. The number of fused-ring (bicyclic) bond motifs is 1. The number of nitrogens with one attached hydrogen (secondary N) is 1. The average Bonchev–Trinajstić information content (AvgIpc) is 3.14. The van der Waals surface area contributed by atoms with Crippen LogP contribution in [0.2, 0.25) is 0 Å². The summed E-state index contributed by atoms with van der Waals surface area (Å²) in [6.07, 6.45) is 5.34. The van der Waals surface area contributed by atoms with Crippen molar-refractivity contribution in [2.45, 2.75) is 64.5 Å². The third-order valence-corrected chi connectivity index (χ3v) is 4.79. The van der Waals surface area contributed by atoms with Crippen molar-refractivity contribution < 1.29 is 9.53 Å². The van der Waals surface area contributed by atoms with Crippen LogP contribution in [0.25, 0.3) is 11.0 Å². The molecule has 2 heterocycles. The van der Waals surface area contributed by atoms with Gasteiger partial charge in [-0.3, -0.25) is 0 Å². The number of ether oxygens (including phenoxy) is 1. The largest absolute Gasteiger partial charge is 0.444 e. The minimum Gasteiger partial charge on any atom is -0.444 e. The highest BCUT2D eigenvalue weighted by atomic mass is 16.6. The minimum atomic E-state index is -0.530. The van der Waals surface area contributed by atoms with Gasteiger partial charge in [0.15, 0.2) is 0 Å². The molecule has 2 aromatic heterocycles. The Hall–Kier alpha value is -2.62. The maximum atomic E-state index is 12.2. The topological polar surface area (TPSA) is 92.8 Å². The molecular formula is C19H25N5O2. The Morgan fingerprint density at radius 1 is 1.42 bits per heavy atom. The zero-order valence-corrected chi connectivity index (χ0v) is 15.8. The van der Waals surface area contributed by atoms with Crippen LogP contribution in [0.15, 0.2) is 12.3 Å². The number of hydrogen-bond donors (Lipinski definition) is 1. The van der Waals surface area contributed by atoms with Crippen LogP contribution >= 0.6 is 0 Å². The fourth-order valence-electron chi connectivity index (χ4n) is 3.84. The van der Waals surface area contributed by atoms with Crippen molar-refractivity contribution in [1.29, 1.82) is 5.26 Å². The van der Waals surface area contributed by atoms with Crippen LogP contribution in [-0.2, 0) is 10.3 Å². The summed E-state index contributed by atoms with van der Waals surface area (Å²) in [4.78, 5) is 20.7. The first kappa shape index (κ1) is 18.2. The molecule has 0 aromatic carbocycles. The molecule has 2 aromatic rings. The van der Waals surface area contributed by atoms with Crippen LogP contribution in [0.5, 0.6) is 0 Å². The second-order valence-electron chi connectivity index (χ2n) is 7.99. The Morgan fingerprint density at radius 3 is 2.73 bits per heavy atom. The van der Waals surface area contributed by atoms with E-state index < -0.39 is 11.7 Å². The zero-order valence-electron chi connectivity index (χ0n) is 15.8. The van der Waals surface area contributed by atoms with Gasteiger partial charge in [0, 0.05) is 23.8 Å². The highest BCUT2D eigenvalue weighted by Crippen LogP contribution is 2.39. The number of nitrogens with zero attached hydrogens (tertiary/aromatic N) is 4. The molecule has 1 aliphatic rings. The van der Waals surface area contributed by atoms with Crippen molar-refractivity contribution in [2.75, 3.05) is 6.54 Å². The van der Waals surface area contributed by atoms with Crippen LogP contribution in [-0.4, -0.2) is 32.8 Å². The number of aryl methyl sites for hydroxylation is 1. The number of carbonyl (C=O) groups excluding carboxylic acids is 1. The predicted molar refractivity (Wildman–Crippen MR) is 97.7 cm³/mol. The van der Waals surface area contributed by atoms with E-state index in [0.717, 1.165) is 42.4 Å². The van der Waals surface area contributed by atoms with Crippen molar-refractivity contribution >= 4 is 17.1 Å². The monoisotopic (exact) mass is 355 g/mol. The molecule has 26 heavy (non-hydrogen) atoms. The van der Waals surface area contributed by atoms with Gasteiger partial charge in [-0.15, -0.1) is 0 Å². The maximum Gasteiger partial charge on any atom is 0.407 e. The van der Waals surface area contributed by atoms with E-state index in [1.165, 1.54) is 0 Å². The Labute approximate surface area is 153 Å². The summed E-state index contributed by atoms with van der Waals surface area (Å²) >= 11 is 0. The third kappa shape index (κ3) is 3.50. The summed E-state index contributed by atoms with van der Waals surface area (Å²) in [6, 6.07) is 4.04. The van der Waals surface area contributed by atoms with Gasteiger partial charge in [0.1, 0.15) is 17.3 Å². The number of rotatable bonds is 3. The van der Waals surface area contributed by atoms with E-state index in [4.69, 9.17) is 10.00 Å². The Bertz CT molecular complexity index is 866. The van der Waals surface area contributed by atoms with Crippen molar-refractivity contribution in [1.82, 2.24) is 19.9 Å². The molecule has 7 heteroatoms. The first-order valence-corrected chi connectivity index (χ1v) is 8.97. The number of aromatic nitrogens is 3. The normalized spacial score (nSPS) is 16.4. The third-order valence-electron chi connectivity index (χ3n) is 4.79. The molecule has 3 rings (SSSR count). The molecule has 0 unspecified atom stereocenters. The van der Waals surface area contributed by atoms with Crippen molar-refractivity contribution in [3.05, 3.63) is 23.8 Å². The molecule has 1 amide bonds. The molecule has 138 valence electrons. The number of nitriles is 1. The summed E-state index contributed by atoms with van der Waals surface area (Å²) in [6.45, 7) is 8.05. The molecule has 1 saturated carbocycles. The number of hydrogen-bond acceptors (Lipinski definition) is 5. The Kier molecular flexibility index (Phi) is 4.61. The standard InChI is InChI=1S/C19H25N5O2/c1-13-9-14-11-21-15(10-20)23-16(14)24(13)19(7-5-6-8-19)12-22-17(25)26-18(2,3)4/h9,11H,5-8,12H2,1-4H3,(H,22,25). The summed E-state index contributed by atoms with van der Waals surface area (Å²) in [5, 5.41) is 13.0. The lowest BCUT2D eigenvalue weighted by Gasteiger charge is -2.33. The average molecular weight is 355 g/mol. The summed E-state index contributed by atoms with van der Waals surface area (Å²) in [5.41, 5.74) is 1.01. The molecule has 1 N–H and O–H groups in total. The van der Waals surface area contributed by atoms with E-state index in [0.29, 0.717) is 6.54 Å². The first-order chi connectivity index (χ1) is 12.2. The number of carbonyl (C=O) groups is 1. The molecular weight excluding hydrogens is 330 g/mol. The van der Waals surface area contributed by atoms with Gasteiger partial charge in [-0.25, -0.2) is 14.8 Å². The lowest BCUT2D eigenvalue weighted by atomic mass is 9.96. The van der Waals surface area contributed by atoms with Crippen molar-refractivity contribution in [2.24, 2.45) is 0 Å². The van der Waals surface area contributed by atoms with Gasteiger partial charge in [-0.1, -0.05) is 12.8 Å². The van der Waals surface area contributed by atoms with Gasteiger partial charge in [0.05, 0.1) is 5.54 Å². The van der Waals surface area contributed by atoms with E-state index in [1.54, 1.807) is 6.20 Å². The minimum absolute atomic E-state index is 0.157. The quantitative estimate of drug-likeness (QED) is 0.911. The van der Waals surface area contributed by atoms with E-state index in [-0.39, 0.29) is 11.4 Å². The SMILES string of the molecule is Cc1cc2cnc(C#N)nc2n1C1(CNC(=O)OC(C)(C)C)CCCC1. The second kappa shape index (κ2) is 6.60. The Morgan fingerprint density at radius 2 is 2.12 bits per heavy atom. The lowest BCUT2D eigenvalue weighted by molar-refractivity contribution is 0.0502. The van der Waals surface area contributed by atoms with E-state index >= 15 is 0 Å². The highest BCUT2D eigenvalue weighted by Gasteiger charge is 2.38. The molecule has 1 aliphatic carbocycles. The maximum absolute atomic E-state index is 12.2. The molecule has 0 aliphatic heterocycles. The van der Waals surface area contributed by atoms with Gasteiger partial charge in [-0.05, 0) is 46.6 Å². The van der Waals surface area contributed by atoms with Crippen molar-refractivity contribution in [3.8, 4) is 6.07 Å². The molecule has 7 nitrogen and oxygen atoms in total. The smallest absolute Gasteiger partial charge is 0.407 e. The fourth-order valence-corrected chi connectivity index (χ4v) is 3.84. The molecule has 0 bridgehead atoms. The zero-order chi connectivity index (χ0) is 18.9. The summed E-state index contributed by atoms with van der Waals surface area (Å²) < 4.78 is 7.56. The van der Waals surface area contributed by atoms with Crippen molar-refractivity contribution in [3.63, 3.8) is 0 Å². The van der Waals surface area contributed by atoms with Gasteiger partial charge in [0.25, 0.3) is 0 Å². The van der Waals surface area contributed by atoms with E-state index in [1.807, 2.05) is 39.8 Å². The van der Waals surface area contributed by atoms with Gasteiger partial charge in [0.2, 0.25) is 5.82 Å². The number of amides is 1. The molecule has 1 fully saturated rings. The van der Waals surface area contributed by atoms with Gasteiger partial charge >= 0.3 is 6.09 Å². The van der Waals surface area contributed by atoms with Crippen LogP contribution in [0.4, 0.5) is 4.79 Å². The van der Waals surface area contributed by atoms with Gasteiger partial charge in [-0.2, -0.15) is 5.26 Å². The van der Waals surface area contributed by atoms with Crippen LogP contribution in [0.1, 0.15) is 58.0 Å². The van der Waals surface area contributed by atoms with E-state index in [9.17, 15) is 4.79 Å². The summed E-state index contributed by atoms with van der Waals surface area (Å²) in [7, 11) is 0. The highest BCUT2D eigenvalue weighted by molar-refractivity contribution is 5.77. The number of alkyl carbamates (subject to hydrolysis) is 1. The molecule has 0 radical (unpaired) electrons. The van der Waals surface area contributed by atoms with Gasteiger partial charge < -0.3 is 14.6 Å². The second-order valence-corrected chi connectivity index (χ2v) is 7.99. The van der Waals surface area contributed by atoms with E-state index in [2.05, 4.69) is 19.9 Å². The predicted octanol–water partition coefficient (Wildman–Crippen LogP) is 3.41. The molecule has 0 saturated heterocycles. The van der Waals surface area contributed by atoms with Crippen LogP contribution in [0, 0.1) is 18.3 Å². The summed E-state index contributed by atoms with van der Waals surface area (Å²) in [5.74, 6) is 0.157.